The van der Waals surface area contributed by atoms with Gasteiger partial charge in [-0.05, 0) is 39.0 Å². The van der Waals surface area contributed by atoms with Crippen molar-refractivity contribution in [2.45, 2.75) is 32.5 Å². The zero-order valence-corrected chi connectivity index (χ0v) is 16.1. The lowest BCUT2D eigenvalue weighted by Crippen LogP contribution is -2.56. The van der Waals surface area contributed by atoms with Crippen molar-refractivity contribution in [3.05, 3.63) is 63.9 Å². The Morgan fingerprint density at radius 1 is 1.10 bits per heavy atom. The Morgan fingerprint density at radius 2 is 1.66 bits per heavy atom. The lowest BCUT2D eigenvalue weighted by molar-refractivity contribution is -0.137. The summed E-state index contributed by atoms with van der Waals surface area (Å²) in [6.45, 7) is 4.33. The Kier molecular flexibility index (Phi) is 6.17. The Morgan fingerprint density at radius 3 is 2.14 bits per heavy atom. The fourth-order valence-corrected chi connectivity index (χ4v) is 2.45. The van der Waals surface area contributed by atoms with Crippen molar-refractivity contribution in [1.82, 2.24) is 15.4 Å². The van der Waals surface area contributed by atoms with Gasteiger partial charge in [-0.1, -0.05) is 17.7 Å². The minimum atomic E-state index is -4.79. The van der Waals surface area contributed by atoms with Crippen LogP contribution in [-0.4, -0.2) is 27.3 Å². The van der Waals surface area contributed by atoms with Crippen LogP contribution < -0.4 is 5.43 Å². The van der Waals surface area contributed by atoms with Gasteiger partial charge in [0.25, 0.3) is 11.8 Å². The second-order valence-electron chi connectivity index (χ2n) is 6.91. The first kappa shape index (κ1) is 22.5. The van der Waals surface area contributed by atoms with E-state index in [1.54, 1.807) is 0 Å². The van der Waals surface area contributed by atoms with E-state index in [9.17, 15) is 31.5 Å². The topological polar surface area (TPSA) is 62.3 Å². The molecule has 156 valence electrons. The average molecular weight is 436 g/mol. The first-order valence-electron chi connectivity index (χ1n) is 8.05. The number of aromatic nitrogens is 1. The summed E-state index contributed by atoms with van der Waals surface area (Å²) >= 11 is 5.78. The highest BCUT2D eigenvalue weighted by atomic mass is 35.5. The molecule has 2 rings (SSSR count). The van der Waals surface area contributed by atoms with E-state index in [1.165, 1.54) is 20.8 Å². The molecule has 29 heavy (non-hydrogen) atoms. The van der Waals surface area contributed by atoms with Crippen molar-refractivity contribution < 1.29 is 31.5 Å². The predicted octanol–water partition coefficient (Wildman–Crippen LogP) is 4.62. The van der Waals surface area contributed by atoms with Crippen LogP contribution in [0.3, 0.4) is 0 Å². The number of hydrazine groups is 1. The maximum atomic E-state index is 13.9. The fourth-order valence-electron chi connectivity index (χ4n) is 2.27. The molecule has 1 aromatic carbocycles. The van der Waals surface area contributed by atoms with Crippen LogP contribution in [0.5, 0.6) is 0 Å². The first-order valence-corrected chi connectivity index (χ1v) is 8.43. The summed E-state index contributed by atoms with van der Waals surface area (Å²) < 4.78 is 66.6. The Balaban J connectivity index is 2.47. The normalized spacial score (nSPS) is 11.9. The minimum absolute atomic E-state index is 0.452. The number of alkyl halides is 3. The smallest absolute Gasteiger partial charge is 0.267 e. The van der Waals surface area contributed by atoms with Crippen LogP contribution in [0.1, 0.15) is 47.1 Å². The van der Waals surface area contributed by atoms with Gasteiger partial charge in [0, 0.05) is 6.20 Å². The van der Waals surface area contributed by atoms with Crippen molar-refractivity contribution in [2.24, 2.45) is 0 Å². The second-order valence-corrected chi connectivity index (χ2v) is 7.27. The largest absolute Gasteiger partial charge is 0.417 e. The van der Waals surface area contributed by atoms with Crippen molar-refractivity contribution in [3.8, 4) is 0 Å². The van der Waals surface area contributed by atoms with Crippen molar-refractivity contribution in [1.29, 1.82) is 0 Å². The number of nitrogens with zero attached hydrogens (tertiary/aromatic N) is 2. The van der Waals surface area contributed by atoms with Crippen LogP contribution in [0.4, 0.5) is 22.0 Å². The number of carbonyl (C=O) groups excluding carboxylic acids is 2. The van der Waals surface area contributed by atoms with Gasteiger partial charge in [0.1, 0.15) is 22.4 Å². The third-order valence-corrected chi connectivity index (χ3v) is 3.98. The number of benzene rings is 1. The first-order chi connectivity index (χ1) is 13.2. The van der Waals surface area contributed by atoms with E-state index in [1.807, 2.05) is 5.43 Å². The van der Waals surface area contributed by atoms with Gasteiger partial charge < -0.3 is 0 Å². The standard InChI is InChI=1S/C18H15ClF5N3O2/c1-17(2,3)27(26-15(28)13-11(20)5-4-6-12(13)21)16(29)10-7-9(18(22,23)24)8-25-14(10)19/h4-8H,1-3H3,(H,26,28). The fraction of sp³-hybridized carbons (Fsp3) is 0.278. The number of amides is 2. The quantitative estimate of drug-likeness (QED) is 0.425. The summed E-state index contributed by atoms with van der Waals surface area (Å²) in [6, 6.07) is 3.21. The van der Waals surface area contributed by atoms with Gasteiger partial charge in [-0.3, -0.25) is 15.0 Å². The highest BCUT2D eigenvalue weighted by Gasteiger charge is 2.36. The molecule has 1 aromatic heterocycles. The minimum Gasteiger partial charge on any atom is -0.267 e. The summed E-state index contributed by atoms with van der Waals surface area (Å²) in [5.41, 5.74) is -2.00. The number of nitrogens with one attached hydrogen (secondary N) is 1. The van der Waals surface area contributed by atoms with E-state index in [-0.39, 0.29) is 0 Å². The van der Waals surface area contributed by atoms with Crippen LogP contribution >= 0.6 is 11.6 Å². The lowest BCUT2D eigenvalue weighted by atomic mass is 10.1. The molecule has 2 aromatic rings. The van der Waals surface area contributed by atoms with Gasteiger partial charge in [-0.25, -0.2) is 18.8 Å². The Labute approximate surface area is 167 Å². The van der Waals surface area contributed by atoms with Gasteiger partial charge in [0.2, 0.25) is 0 Å². The molecule has 0 bridgehead atoms. The molecule has 0 radical (unpaired) electrons. The number of hydrogen-bond acceptors (Lipinski definition) is 3. The molecule has 0 aliphatic rings. The van der Waals surface area contributed by atoms with E-state index in [4.69, 9.17) is 11.6 Å². The van der Waals surface area contributed by atoms with E-state index in [0.29, 0.717) is 17.3 Å². The van der Waals surface area contributed by atoms with Gasteiger partial charge in [-0.2, -0.15) is 13.2 Å². The molecule has 0 saturated carbocycles. The van der Waals surface area contributed by atoms with Crippen molar-refractivity contribution in [3.63, 3.8) is 0 Å². The van der Waals surface area contributed by atoms with E-state index >= 15 is 0 Å². The van der Waals surface area contributed by atoms with Crippen LogP contribution in [0, 0.1) is 11.6 Å². The highest BCUT2D eigenvalue weighted by molar-refractivity contribution is 6.32. The van der Waals surface area contributed by atoms with Crippen LogP contribution in [0.2, 0.25) is 5.15 Å². The molecule has 1 heterocycles. The summed E-state index contributed by atoms with van der Waals surface area (Å²) in [4.78, 5) is 28.6. The maximum Gasteiger partial charge on any atom is 0.417 e. The van der Waals surface area contributed by atoms with Gasteiger partial charge in [0.15, 0.2) is 0 Å². The molecule has 0 aliphatic carbocycles. The summed E-state index contributed by atoms with van der Waals surface area (Å²) in [7, 11) is 0. The molecule has 0 fully saturated rings. The van der Waals surface area contributed by atoms with Crippen LogP contribution in [0.15, 0.2) is 30.5 Å². The number of halogens is 6. The van der Waals surface area contributed by atoms with Crippen molar-refractivity contribution in [2.75, 3.05) is 0 Å². The average Bonchev–Trinajstić information content (AvgIpc) is 2.57. The number of pyridine rings is 1. The zero-order valence-electron chi connectivity index (χ0n) is 15.4. The van der Waals surface area contributed by atoms with Gasteiger partial charge in [-0.15, -0.1) is 0 Å². The molecule has 0 aliphatic heterocycles. The Hall–Kier alpha value is -2.75. The Bertz CT molecular complexity index is 937. The third kappa shape index (κ3) is 5.00. The molecule has 0 spiro atoms. The van der Waals surface area contributed by atoms with Crippen LogP contribution in [-0.2, 0) is 6.18 Å². The number of carbonyl (C=O) groups is 2. The number of hydrogen-bond donors (Lipinski definition) is 1. The SMILES string of the molecule is CC(C)(C)N(NC(=O)c1c(F)cccc1F)C(=O)c1cc(C(F)(F)F)cnc1Cl. The van der Waals surface area contributed by atoms with E-state index < -0.39 is 57.0 Å². The molecule has 11 heteroatoms. The maximum absolute atomic E-state index is 13.9. The molecule has 0 atom stereocenters. The van der Waals surface area contributed by atoms with Crippen molar-refractivity contribution >= 4 is 23.4 Å². The third-order valence-electron chi connectivity index (χ3n) is 3.67. The molecule has 0 saturated heterocycles. The lowest BCUT2D eigenvalue weighted by Gasteiger charge is -2.35. The monoisotopic (exact) mass is 435 g/mol. The van der Waals surface area contributed by atoms with Gasteiger partial charge >= 0.3 is 6.18 Å². The second kappa shape index (κ2) is 7.94. The summed E-state index contributed by atoms with van der Waals surface area (Å²) in [6.07, 6.45) is -4.34. The summed E-state index contributed by atoms with van der Waals surface area (Å²) in [5.74, 6) is -4.81. The highest BCUT2D eigenvalue weighted by Crippen LogP contribution is 2.31. The molecule has 5 nitrogen and oxygen atoms in total. The number of rotatable bonds is 2. The molecule has 2 amide bonds. The zero-order chi connectivity index (χ0) is 22.1. The molecular weight excluding hydrogens is 421 g/mol. The van der Waals surface area contributed by atoms with E-state index in [2.05, 4.69) is 4.98 Å². The molecule has 1 N–H and O–H groups in total. The molecule has 0 unspecified atom stereocenters. The van der Waals surface area contributed by atoms with Crippen LogP contribution in [0.25, 0.3) is 0 Å². The van der Waals surface area contributed by atoms with Gasteiger partial charge in [0.05, 0.1) is 16.7 Å². The van der Waals surface area contributed by atoms with E-state index in [0.717, 1.165) is 18.2 Å². The predicted molar refractivity (Wildman–Crippen MR) is 94.0 cm³/mol. The molecular formula is C18H15ClF5N3O2. The summed E-state index contributed by atoms with van der Waals surface area (Å²) in [5, 5.41) is 0.0909.